The van der Waals surface area contributed by atoms with Gasteiger partial charge in [-0.3, -0.25) is 9.69 Å². The number of hydrogen-bond acceptors (Lipinski definition) is 6. The van der Waals surface area contributed by atoms with E-state index < -0.39 is 5.91 Å². The lowest BCUT2D eigenvalue weighted by Crippen LogP contribution is -2.46. The Kier molecular flexibility index (Phi) is 5.86. The largest absolute Gasteiger partial charge is 0.506 e. The van der Waals surface area contributed by atoms with Gasteiger partial charge >= 0.3 is 0 Å². The highest BCUT2D eigenvalue weighted by atomic mass is 16.3. The minimum absolute atomic E-state index is 0.0163. The van der Waals surface area contributed by atoms with Crippen LogP contribution in [0.15, 0.2) is 47.0 Å². The van der Waals surface area contributed by atoms with Gasteiger partial charge in [0, 0.05) is 60.4 Å². The average molecular weight is 458 g/mol. The van der Waals surface area contributed by atoms with Gasteiger partial charge in [-0.25, -0.2) is 0 Å². The van der Waals surface area contributed by atoms with Crippen molar-refractivity contribution in [2.24, 2.45) is 5.73 Å². The molecule has 2 aromatic heterocycles. The van der Waals surface area contributed by atoms with Crippen LogP contribution >= 0.6 is 0 Å². The van der Waals surface area contributed by atoms with Gasteiger partial charge in [-0.1, -0.05) is 0 Å². The quantitative estimate of drug-likeness (QED) is 0.364. The van der Waals surface area contributed by atoms with Crippen LogP contribution in [-0.2, 0) is 6.42 Å². The van der Waals surface area contributed by atoms with Crippen LogP contribution in [0.2, 0.25) is 0 Å². The van der Waals surface area contributed by atoms with Crippen molar-refractivity contribution in [3.05, 3.63) is 59.5 Å². The van der Waals surface area contributed by atoms with Gasteiger partial charge in [0.25, 0.3) is 5.91 Å². The van der Waals surface area contributed by atoms with E-state index in [0.29, 0.717) is 11.1 Å². The molecule has 8 nitrogen and oxygen atoms in total. The maximum absolute atomic E-state index is 11.4. The van der Waals surface area contributed by atoms with Gasteiger partial charge in [-0.05, 0) is 61.7 Å². The fraction of sp³-hybridized carbons (Fsp3) is 0.308. The molecule has 4 aromatic rings. The molecule has 1 aliphatic heterocycles. The number of amides is 1. The summed E-state index contributed by atoms with van der Waals surface area (Å²) in [6, 6.07) is 13.1. The van der Waals surface area contributed by atoms with Crippen LogP contribution in [0.1, 0.15) is 34.5 Å². The second-order valence-electron chi connectivity index (χ2n) is 8.82. The number of nitrogens with one attached hydrogen (secondary N) is 1. The first-order chi connectivity index (χ1) is 16.5. The number of H-pyrrole nitrogens is 1. The van der Waals surface area contributed by atoms with Gasteiger partial charge < -0.3 is 25.1 Å². The Morgan fingerprint density at radius 2 is 1.97 bits per heavy atom. The molecule has 0 spiro atoms. The molecule has 8 heteroatoms. The van der Waals surface area contributed by atoms with Crippen molar-refractivity contribution in [3.8, 4) is 11.8 Å². The Balaban J connectivity index is 1.11. The third-order valence-corrected chi connectivity index (χ3v) is 6.65. The second-order valence-corrected chi connectivity index (χ2v) is 8.82. The Morgan fingerprint density at radius 1 is 1.15 bits per heavy atom. The van der Waals surface area contributed by atoms with Gasteiger partial charge in [0.05, 0.1) is 5.56 Å². The monoisotopic (exact) mass is 457 g/mol. The van der Waals surface area contributed by atoms with Crippen LogP contribution in [0.25, 0.3) is 21.9 Å². The number of anilines is 1. The molecule has 0 bridgehead atoms. The fourth-order valence-electron chi connectivity index (χ4n) is 4.74. The van der Waals surface area contributed by atoms with Crippen molar-refractivity contribution in [2.45, 2.75) is 19.3 Å². The number of aromatic nitrogens is 1. The standard InChI is InChI=1S/C26H27N5O3/c27-15-19-12-21-17(16-29-22(21)14-23(19)32)3-1-2-6-30-7-9-31(10-8-30)20-4-5-24-18(11-20)13-25(34-24)26(28)33/h4-5,11-14,16,29,32H,1-3,6-10H2,(H2,28,33). The maximum Gasteiger partial charge on any atom is 0.284 e. The third kappa shape index (κ3) is 4.30. The van der Waals surface area contributed by atoms with Crippen LogP contribution in [0.3, 0.4) is 0 Å². The molecule has 0 aliphatic carbocycles. The van der Waals surface area contributed by atoms with Crippen molar-refractivity contribution in [3.63, 3.8) is 0 Å². The van der Waals surface area contributed by atoms with Gasteiger partial charge in [0.2, 0.25) is 0 Å². The lowest BCUT2D eigenvalue weighted by Gasteiger charge is -2.36. The molecule has 4 N–H and O–H groups in total. The minimum Gasteiger partial charge on any atom is -0.506 e. The van der Waals surface area contributed by atoms with Crippen LogP contribution in [-0.4, -0.2) is 53.6 Å². The summed E-state index contributed by atoms with van der Waals surface area (Å²) in [5, 5.41) is 20.9. The molecule has 34 heavy (non-hydrogen) atoms. The molecule has 1 amide bonds. The number of furan rings is 1. The minimum atomic E-state index is -0.553. The summed E-state index contributed by atoms with van der Waals surface area (Å²) in [5.41, 5.74) is 9.49. The third-order valence-electron chi connectivity index (χ3n) is 6.65. The highest BCUT2D eigenvalue weighted by Crippen LogP contribution is 2.28. The summed E-state index contributed by atoms with van der Waals surface area (Å²) in [6.07, 6.45) is 5.09. The van der Waals surface area contributed by atoms with E-state index in [9.17, 15) is 15.2 Å². The first-order valence-electron chi connectivity index (χ1n) is 11.6. The first kappa shape index (κ1) is 21.9. The maximum atomic E-state index is 11.4. The summed E-state index contributed by atoms with van der Waals surface area (Å²) in [4.78, 5) is 19.4. The molecule has 1 fully saturated rings. The smallest absolute Gasteiger partial charge is 0.284 e. The number of unbranched alkanes of at least 4 members (excludes halogenated alkanes) is 1. The Morgan fingerprint density at radius 3 is 2.74 bits per heavy atom. The lowest BCUT2D eigenvalue weighted by atomic mass is 10.0. The molecule has 0 unspecified atom stereocenters. The number of aromatic amines is 1. The van der Waals surface area contributed by atoms with Crippen LogP contribution < -0.4 is 10.6 Å². The van der Waals surface area contributed by atoms with E-state index in [4.69, 9.17) is 10.2 Å². The number of piperazine rings is 1. The average Bonchev–Trinajstić information content (AvgIpc) is 3.45. The van der Waals surface area contributed by atoms with Crippen LogP contribution in [0, 0.1) is 11.3 Å². The zero-order valence-electron chi connectivity index (χ0n) is 18.9. The second kappa shape index (κ2) is 9.12. The number of nitrogens with two attached hydrogens (primary N) is 1. The van der Waals surface area contributed by atoms with Crippen molar-refractivity contribution in [1.29, 1.82) is 5.26 Å². The number of aromatic hydroxyl groups is 1. The van der Waals surface area contributed by atoms with E-state index in [2.05, 4.69) is 20.9 Å². The summed E-state index contributed by atoms with van der Waals surface area (Å²) in [7, 11) is 0. The Labute approximate surface area is 197 Å². The number of carbonyl (C=O) groups is 1. The first-order valence-corrected chi connectivity index (χ1v) is 11.6. The number of hydrogen-bond donors (Lipinski definition) is 3. The predicted octanol–water partition coefficient (Wildman–Crippen LogP) is 3.74. The number of phenolic OH excluding ortho intramolecular Hbond substituents is 1. The highest BCUT2D eigenvalue weighted by Gasteiger charge is 2.18. The number of carbonyl (C=O) groups excluding carboxylic acids is 1. The van der Waals surface area contributed by atoms with Crippen molar-refractivity contribution >= 4 is 33.5 Å². The van der Waals surface area contributed by atoms with E-state index in [1.54, 1.807) is 18.2 Å². The van der Waals surface area contributed by atoms with Crippen LogP contribution in [0.4, 0.5) is 5.69 Å². The van der Waals surface area contributed by atoms with E-state index in [1.807, 2.05) is 24.4 Å². The van der Waals surface area contributed by atoms with Gasteiger partial charge in [-0.2, -0.15) is 5.26 Å². The lowest BCUT2D eigenvalue weighted by molar-refractivity contribution is 0.0976. The molecule has 1 aliphatic rings. The topological polar surface area (TPSA) is 123 Å². The number of nitrogens with zero attached hydrogens (tertiary/aromatic N) is 3. The normalized spacial score (nSPS) is 14.6. The van der Waals surface area contributed by atoms with E-state index in [0.717, 1.165) is 74.0 Å². The zero-order valence-corrected chi connectivity index (χ0v) is 18.9. The number of primary amides is 1. The van der Waals surface area contributed by atoms with E-state index >= 15 is 0 Å². The van der Waals surface area contributed by atoms with E-state index in [-0.39, 0.29) is 11.5 Å². The highest BCUT2D eigenvalue weighted by molar-refractivity contribution is 5.95. The summed E-state index contributed by atoms with van der Waals surface area (Å²) < 4.78 is 5.48. The molecule has 2 aromatic carbocycles. The molecule has 0 saturated carbocycles. The number of phenols is 1. The number of fused-ring (bicyclic) bond motifs is 2. The molecule has 5 rings (SSSR count). The molecule has 174 valence electrons. The van der Waals surface area contributed by atoms with E-state index in [1.165, 1.54) is 5.56 Å². The Bertz CT molecular complexity index is 1390. The number of benzene rings is 2. The summed E-state index contributed by atoms with van der Waals surface area (Å²) in [5.74, 6) is -0.349. The summed E-state index contributed by atoms with van der Waals surface area (Å²) in [6.45, 7) is 4.98. The SMILES string of the molecule is N#Cc1cc2c(CCCCN3CCN(c4ccc5oc(C(N)=O)cc5c4)CC3)c[nH]c2cc1O. The molecule has 0 radical (unpaired) electrons. The molecule has 0 atom stereocenters. The zero-order chi connectivity index (χ0) is 23.7. The fourth-order valence-corrected chi connectivity index (χ4v) is 4.74. The van der Waals surface area contributed by atoms with Crippen molar-refractivity contribution < 1.29 is 14.3 Å². The summed E-state index contributed by atoms with van der Waals surface area (Å²) >= 11 is 0. The van der Waals surface area contributed by atoms with Gasteiger partial charge in [0.1, 0.15) is 17.4 Å². The van der Waals surface area contributed by atoms with Crippen molar-refractivity contribution in [2.75, 3.05) is 37.6 Å². The molecule has 1 saturated heterocycles. The molecular formula is C26H27N5O3. The molecular weight excluding hydrogens is 430 g/mol. The van der Waals surface area contributed by atoms with Gasteiger partial charge in [0.15, 0.2) is 5.76 Å². The molecule has 3 heterocycles. The van der Waals surface area contributed by atoms with Gasteiger partial charge in [-0.15, -0.1) is 0 Å². The van der Waals surface area contributed by atoms with Crippen molar-refractivity contribution in [1.82, 2.24) is 9.88 Å². The Hall–Kier alpha value is -3.96. The number of aryl methyl sites for hydroxylation is 1. The van der Waals surface area contributed by atoms with Crippen LogP contribution in [0.5, 0.6) is 5.75 Å². The predicted molar refractivity (Wildman–Crippen MR) is 131 cm³/mol. The number of nitriles is 1. The number of rotatable bonds is 7.